The van der Waals surface area contributed by atoms with Gasteiger partial charge in [0.25, 0.3) is 5.88 Å². The van der Waals surface area contributed by atoms with Crippen LogP contribution in [0.15, 0.2) is 12.3 Å². The lowest BCUT2D eigenvalue weighted by atomic mass is 10.1. The van der Waals surface area contributed by atoms with E-state index in [1.54, 1.807) is 6.07 Å². The van der Waals surface area contributed by atoms with Crippen molar-refractivity contribution in [2.45, 2.75) is 52.1 Å². The normalized spacial score (nSPS) is 10.4. The molecule has 146 valence electrons. The number of ether oxygens (including phenoxy) is 3. The molecule has 1 amide bonds. The number of aromatic nitrogens is 1. The number of methoxy groups -OCH3 is 1. The molecule has 0 unspecified atom stereocenters. The molecule has 0 aliphatic rings. The summed E-state index contributed by atoms with van der Waals surface area (Å²) in [7, 11) is 1.43. The number of pyridine rings is 1. The molecular formula is C18H28N2O6. The number of hydrogen-bond acceptors (Lipinski definition) is 6. The molecule has 0 aliphatic carbocycles. The first kappa shape index (κ1) is 21.7. The standard InChI is InChI=1S/C18H28N2O6/c1-3-4-5-6-7-8-9-25-13-14-10-15(24-2)17(19-11-14)26-18(23)20-12-16(21)22/h10-11H,3-9,12-13H2,1-2H3,(H,20,23)(H,21,22). The molecule has 0 saturated carbocycles. The number of carbonyl (C=O) groups is 2. The van der Waals surface area contributed by atoms with Gasteiger partial charge in [-0.15, -0.1) is 0 Å². The highest BCUT2D eigenvalue weighted by Gasteiger charge is 2.13. The lowest BCUT2D eigenvalue weighted by Crippen LogP contribution is -2.32. The molecule has 0 bridgehead atoms. The van der Waals surface area contributed by atoms with Gasteiger partial charge < -0.3 is 24.6 Å². The van der Waals surface area contributed by atoms with E-state index in [2.05, 4.69) is 17.2 Å². The number of nitrogens with one attached hydrogen (secondary N) is 1. The fourth-order valence-electron chi connectivity index (χ4n) is 2.22. The van der Waals surface area contributed by atoms with E-state index in [1.807, 2.05) is 0 Å². The Hall–Kier alpha value is -2.35. The first-order valence-electron chi connectivity index (χ1n) is 8.85. The minimum absolute atomic E-state index is 0.0323. The minimum atomic E-state index is -1.17. The summed E-state index contributed by atoms with van der Waals surface area (Å²) in [4.78, 5) is 25.9. The number of carboxylic acid groups (broad SMARTS) is 1. The molecule has 1 heterocycles. The van der Waals surface area contributed by atoms with Crippen molar-refractivity contribution in [3.63, 3.8) is 0 Å². The van der Waals surface area contributed by atoms with Crippen LogP contribution in [0, 0.1) is 0 Å². The molecule has 0 atom stereocenters. The molecular weight excluding hydrogens is 340 g/mol. The van der Waals surface area contributed by atoms with Crippen molar-refractivity contribution in [1.29, 1.82) is 0 Å². The van der Waals surface area contributed by atoms with E-state index in [-0.39, 0.29) is 11.6 Å². The number of amides is 1. The molecule has 0 fully saturated rings. The molecule has 0 aliphatic heterocycles. The molecule has 0 spiro atoms. The minimum Gasteiger partial charge on any atom is -0.491 e. The zero-order chi connectivity index (χ0) is 19.2. The molecule has 1 aromatic rings. The molecule has 0 aromatic carbocycles. The zero-order valence-electron chi connectivity index (χ0n) is 15.5. The quantitative estimate of drug-likeness (QED) is 0.515. The topological polar surface area (TPSA) is 107 Å². The van der Waals surface area contributed by atoms with Gasteiger partial charge in [-0.3, -0.25) is 4.79 Å². The zero-order valence-corrected chi connectivity index (χ0v) is 15.5. The van der Waals surface area contributed by atoms with E-state index in [4.69, 9.17) is 19.3 Å². The highest BCUT2D eigenvalue weighted by atomic mass is 16.6. The predicted molar refractivity (Wildman–Crippen MR) is 95.5 cm³/mol. The lowest BCUT2D eigenvalue weighted by molar-refractivity contribution is -0.135. The van der Waals surface area contributed by atoms with Crippen molar-refractivity contribution in [2.24, 2.45) is 0 Å². The Labute approximate surface area is 153 Å². The van der Waals surface area contributed by atoms with Crippen LogP contribution in [-0.4, -0.2) is 42.4 Å². The maximum Gasteiger partial charge on any atom is 0.414 e. The molecule has 0 saturated heterocycles. The van der Waals surface area contributed by atoms with Crippen LogP contribution in [0.4, 0.5) is 4.79 Å². The van der Waals surface area contributed by atoms with Gasteiger partial charge in [0.15, 0.2) is 5.75 Å². The van der Waals surface area contributed by atoms with E-state index in [1.165, 1.54) is 45.4 Å². The number of rotatable bonds is 13. The van der Waals surface area contributed by atoms with Crippen molar-refractivity contribution in [3.8, 4) is 11.6 Å². The summed E-state index contributed by atoms with van der Waals surface area (Å²) in [5.74, 6) is -0.925. The lowest BCUT2D eigenvalue weighted by Gasteiger charge is -2.10. The summed E-state index contributed by atoms with van der Waals surface area (Å²) in [6, 6.07) is 1.67. The van der Waals surface area contributed by atoms with Crippen molar-refractivity contribution >= 4 is 12.1 Å². The van der Waals surface area contributed by atoms with Crippen LogP contribution in [0.1, 0.15) is 51.0 Å². The van der Waals surface area contributed by atoms with Crippen LogP contribution in [0.25, 0.3) is 0 Å². The van der Waals surface area contributed by atoms with Crippen LogP contribution in [-0.2, 0) is 16.1 Å². The molecule has 2 N–H and O–H groups in total. The Morgan fingerprint density at radius 2 is 1.92 bits per heavy atom. The monoisotopic (exact) mass is 368 g/mol. The number of nitrogens with zero attached hydrogens (tertiary/aromatic N) is 1. The Balaban J connectivity index is 2.38. The Bertz CT molecular complexity index is 565. The first-order valence-corrected chi connectivity index (χ1v) is 8.85. The summed E-state index contributed by atoms with van der Waals surface area (Å²) >= 11 is 0. The van der Waals surface area contributed by atoms with Crippen LogP contribution < -0.4 is 14.8 Å². The molecule has 1 aromatic heterocycles. The molecule has 8 nitrogen and oxygen atoms in total. The van der Waals surface area contributed by atoms with Crippen LogP contribution in [0.3, 0.4) is 0 Å². The fraction of sp³-hybridized carbons (Fsp3) is 0.611. The first-order chi connectivity index (χ1) is 12.6. The SMILES string of the molecule is CCCCCCCCOCc1cnc(OC(=O)NCC(=O)O)c(OC)c1. The van der Waals surface area contributed by atoms with Crippen LogP contribution in [0.5, 0.6) is 11.6 Å². The molecule has 1 rings (SSSR count). The summed E-state index contributed by atoms with van der Waals surface area (Å²) in [6.45, 7) is 2.74. The smallest absolute Gasteiger partial charge is 0.414 e. The van der Waals surface area contributed by atoms with Gasteiger partial charge in [-0.1, -0.05) is 39.0 Å². The molecule has 26 heavy (non-hydrogen) atoms. The van der Waals surface area contributed by atoms with Crippen LogP contribution >= 0.6 is 0 Å². The fourth-order valence-corrected chi connectivity index (χ4v) is 2.22. The van der Waals surface area contributed by atoms with E-state index in [0.29, 0.717) is 13.2 Å². The predicted octanol–water partition coefficient (Wildman–Crippen LogP) is 3.14. The van der Waals surface area contributed by atoms with E-state index < -0.39 is 18.6 Å². The van der Waals surface area contributed by atoms with E-state index in [0.717, 1.165) is 12.0 Å². The van der Waals surface area contributed by atoms with Crippen molar-refractivity contribution in [2.75, 3.05) is 20.3 Å². The molecule has 0 radical (unpaired) electrons. The summed E-state index contributed by atoms with van der Waals surface area (Å²) in [5.41, 5.74) is 0.797. The second-order valence-electron chi connectivity index (χ2n) is 5.81. The summed E-state index contributed by atoms with van der Waals surface area (Å²) in [5, 5.41) is 10.6. The number of hydrogen-bond donors (Lipinski definition) is 2. The number of unbranched alkanes of at least 4 members (excludes halogenated alkanes) is 5. The van der Waals surface area contributed by atoms with Crippen LogP contribution in [0.2, 0.25) is 0 Å². The Kier molecular flexibility index (Phi) is 10.8. The van der Waals surface area contributed by atoms with Gasteiger partial charge in [-0.2, -0.15) is 0 Å². The highest BCUT2D eigenvalue weighted by Crippen LogP contribution is 2.25. The van der Waals surface area contributed by atoms with Crippen molar-refractivity contribution in [3.05, 3.63) is 17.8 Å². The van der Waals surface area contributed by atoms with Gasteiger partial charge in [-0.25, -0.2) is 9.78 Å². The van der Waals surface area contributed by atoms with Gasteiger partial charge in [-0.05, 0) is 18.1 Å². The van der Waals surface area contributed by atoms with Crippen molar-refractivity contribution in [1.82, 2.24) is 10.3 Å². The number of carboxylic acids is 1. The second-order valence-corrected chi connectivity index (χ2v) is 5.81. The van der Waals surface area contributed by atoms with E-state index >= 15 is 0 Å². The van der Waals surface area contributed by atoms with Crippen molar-refractivity contribution < 1.29 is 28.9 Å². The molecule has 8 heteroatoms. The number of aliphatic carboxylic acids is 1. The Morgan fingerprint density at radius 1 is 1.19 bits per heavy atom. The second kappa shape index (κ2) is 12.9. The maximum atomic E-state index is 11.5. The third-order valence-corrected chi connectivity index (χ3v) is 3.58. The average molecular weight is 368 g/mol. The highest BCUT2D eigenvalue weighted by molar-refractivity contribution is 5.77. The van der Waals surface area contributed by atoms with E-state index in [9.17, 15) is 9.59 Å². The maximum absolute atomic E-state index is 11.5. The van der Waals surface area contributed by atoms with Gasteiger partial charge >= 0.3 is 12.1 Å². The van der Waals surface area contributed by atoms with Gasteiger partial charge in [0.05, 0.1) is 13.7 Å². The van der Waals surface area contributed by atoms with Gasteiger partial charge in [0.1, 0.15) is 6.54 Å². The average Bonchev–Trinajstić information content (AvgIpc) is 2.63. The van der Waals surface area contributed by atoms with Gasteiger partial charge in [0, 0.05) is 12.8 Å². The number of carbonyl (C=O) groups excluding carboxylic acids is 1. The van der Waals surface area contributed by atoms with Gasteiger partial charge in [0.2, 0.25) is 0 Å². The summed E-state index contributed by atoms with van der Waals surface area (Å²) < 4.78 is 15.7. The third-order valence-electron chi connectivity index (χ3n) is 3.58. The third kappa shape index (κ3) is 9.22. The Morgan fingerprint density at radius 3 is 2.62 bits per heavy atom. The largest absolute Gasteiger partial charge is 0.491 e. The summed E-state index contributed by atoms with van der Waals surface area (Å²) in [6.07, 6.45) is 7.86.